The number of hydrogen-bond acceptors (Lipinski definition) is 5. The number of carbonyl (C=O) groups excluding carboxylic acids is 3. The van der Waals surface area contributed by atoms with E-state index in [0.29, 0.717) is 36.4 Å². The van der Waals surface area contributed by atoms with Crippen LogP contribution in [0.15, 0.2) is 42.0 Å². The number of alkyl carbamates (subject to hydrolysis) is 1. The molecule has 7 atom stereocenters. The molecular formula is C33H45NO5. The summed E-state index contributed by atoms with van der Waals surface area (Å²) in [6, 6.07) is 8.89. The lowest BCUT2D eigenvalue weighted by Gasteiger charge is -2.57. The molecule has 1 aromatic rings. The molecule has 6 heteroatoms. The van der Waals surface area contributed by atoms with Crippen molar-refractivity contribution >= 4 is 17.8 Å². The SMILES string of the molecule is CC(C)(C)OC(=O)N[C@@H](Cc1ccccc1)C(=O)O[C@H]1CC[C@H]2[C@@H]3CCC4=CC(=O)CC[C@]4(C)[C@H]3CC[C@]12C. The first kappa shape index (κ1) is 27.9. The van der Waals surface area contributed by atoms with Crippen LogP contribution in [0.5, 0.6) is 0 Å². The number of allylic oxidation sites excluding steroid dienone is 1. The normalized spacial score (nSPS) is 34.6. The largest absolute Gasteiger partial charge is 0.460 e. The van der Waals surface area contributed by atoms with E-state index in [0.717, 1.165) is 50.5 Å². The summed E-state index contributed by atoms with van der Waals surface area (Å²) in [6.45, 7) is 10.1. The van der Waals surface area contributed by atoms with E-state index in [4.69, 9.17) is 9.47 Å². The van der Waals surface area contributed by atoms with Gasteiger partial charge in [0.15, 0.2) is 5.78 Å². The lowest BCUT2D eigenvalue weighted by Crippen LogP contribution is -2.52. The van der Waals surface area contributed by atoms with Gasteiger partial charge in [-0.1, -0.05) is 49.8 Å². The summed E-state index contributed by atoms with van der Waals surface area (Å²) in [5.74, 6) is 1.61. The van der Waals surface area contributed by atoms with Crippen molar-refractivity contribution in [3.63, 3.8) is 0 Å². The van der Waals surface area contributed by atoms with Crippen LogP contribution in [0.1, 0.15) is 91.5 Å². The molecule has 3 saturated carbocycles. The average molecular weight is 536 g/mol. The second-order valence-electron chi connectivity index (χ2n) is 13.9. The molecule has 5 rings (SSSR count). The molecule has 1 aromatic carbocycles. The van der Waals surface area contributed by atoms with Gasteiger partial charge in [0.2, 0.25) is 0 Å². The fraction of sp³-hybridized carbons (Fsp3) is 0.667. The van der Waals surface area contributed by atoms with Gasteiger partial charge in [-0.25, -0.2) is 9.59 Å². The topological polar surface area (TPSA) is 81.7 Å². The lowest BCUT2D eigenvalue weighted by molar-refractivity contribution is -0.162. The molecule has 0 bridgehead atoms. The van der Waals surface area contributed by atoms with Gasteiger partial charge in [0.25, 0.3) is 0 Å². The molecule has 0 heterocycles. The van der Waals surface area contributed by atoms with E-state index in [9.17, 15) is 14.4 Å². The molecule has 4 aliphatic carbocycles. The zero-order valence-corrected chi connectivity index (χ0v) is 24.3. The number of ketones is 1. The summed E-state index contributed by atoms with van der Waals surface area (Å²) in [7, 11) is 0. The standard InChI is InChI=1S/C33H45NO5/c1-31(2,3)39-30(37)34-27(19-21-9-7-6-8-10-21)29(36)38-28-14-13-25-24-12-11-22-20-23(35)15-17-32(22,4)26(24)16-18-33(25,28)5/h6-10,20,24-28H,11-19H2,1-5H3,(H,34,37)/t24-,25-,26-,27-,28-,32-,33-/m0/s1. The minimum absolute atomic E-state index is 0.0674. The summed E-state index contributed by atoms with van der Waals surface area (Å²) in [5, 5.41) is 2.80. The highest BCUT2D eigenvalue weighted by Crippen LogP contribution is 2.65. The van der Waals surface area contributed by atoms with Crippen molar-refractivity contribution in [3.05, 3.63) is 47.5 Å². The molecule has 212 valence electrons. The maximum Gasteiger partial charge on any atom is 0.408 e. The average Bonchev–Trinajstić information content (AvgIpc) is 3.19. The molecule has 0 aromatic heterocycles. The van der Waals surface area contributed by atoms with Gasteiger partial charge in [0.1, 0.15) is 17.7 Å². The zero-order chi connectivity index (χ0) is 28.0. The molecule has 0 spiro atoms. The van der Waals surface area contributed by atoms with Crippen molar-refractivity contribution < 1.29 is 23.9 Å². The third kappa shape index (κ3) is 5.53. The number of benzene rings is 1. The van der Waals surface area contributed by atoms with Gasteiger partial charge in [0.05, 0.1) is 0 Å². The first-order chi connectivity index (χ1) is 18.4. The predicted octanol–water partition coefficient (Wildman–Crippen LogP) is 6.57. The van der Waals surface area contributed by atoms with Gasteiger partial charge in [0, 0.05) is 18.3 Å². The Kier molecular flexibility index (Phi) is 7.45. The fourth-order valence-corrected chi connectivity index (χ4v) is 8.42. The van der Waals surface area contributed by atoms with Crippen molar-refractivity contribution in [2.45, 2.75) is 110 Å². The van der Waals surface area contributed by atoms with Crippen LogP contribution >= 0.6 is 0 Å². The van der Waals surface area contributed by atoms with Gasteiger partial charge >= 0.3 is 12.1 Å². The maximum atomic E-state index is 13.6. The lowest BCUT2D eigenvalue weighted by atomic mass is 9.47. The number of rotatable bonds is 5. The van der Waals surface area contributed by atoms with Gasteiger partial charge < -0.3 is 14.8 Å². The Morgan fingerprint density at radius 2 is 1.74 bits per heavy atom. The quantitative estimate of drug-likeness (QED) is 0.432. The number of esters is 1. The van der Waals surface area contributed by atoms with Crippen LogP contribution in [0, 0.1) is 28.6 Å². The number of ether oxygens (including phenoxy) is 2. The zero-order valence-electron chi connectivity index (χ0n) is 24.3. The molecule has 1 amide bonds. The third-order valence-electron chi connectivity index (χ3n) is 10.4. The number of amides is 1. The highest BCUT2D eigenvalue weighted by molar-refractivity contribution is 5.91. The Morgan fingerprint density at radius 1 is 1.00 bits per heavy atom. The highest BCUT2D eigenvalue weighted by atomic mass is 16.6. The molecule has 4 aliphatic rings. The first-order valence-corrected chi connectivity index (χ1v) is 14.9. The number of carbonyl (C=O) groups is 3. The van der Waals surface area contributed by atoms with E-state index in [1.54, 1.807) is 0 Å². The van der Waals surface area contributed by atoms with Gasteiger partial charge in [-0.05, 0) is 101 Å². The molecule has 0 saturated heterocycles. The van der Waals surface area contributed by atoms with Crippen LogP contribution in [0.25, 0.3) is 0 Å². The molecule has 0 unspecified atom stereocenters. The number of nitrogens with one attached hydrogen (secondary N) is 1. The van der Waals surface area contributed by atoms with Crippen LogP contribution in [0.2, 0.25) is 0 Å². The first-order valence-electron chi connectivity index (χ1n) is 14.9. The highest BCUT2D eigenvalue weighted by Gasteiger charge is 2.60. The minimum Gasteiger partial charge on any atom is -0.460 e. The number of hydrogen-bond donors (Lipinski definition) is 1. The van der Waals surface area contributed by atoms with Gasteiger partial charge in [-0.2, -0.15) is 0 Å². The van der Waals surface area contributed by atoms with Crippen LogP contribution in [0.3, 0.4) is 0 Å². The van der Waals surface area contributed by atoms with E-state index in [-0.39, 0.29) is 22.9 Å². The Balaban J connectivity index is 1.30. The van der Waals surface area contributed by atoms with Crippen molar-refractivity contribution in [1.29, 1.82) is 0 Å². The molecule has 0 radical (unpaired) electrons. The molecule has 0 aliphatic heterocycles. The van der Waals surface area contributed by atoms with E-state index in [2.05, 4.69) is 19.2 Å². The van der Waals surface area contributed by atoms with Crippen LogP contribution in [-0.2, 0) is 25.5 Å². The van der Waals surface area contributed by atoms with E-state index < -0.39 is 17.7 Å². The van der Waals surface area contributed by atoms with Crippen molar-refractivity contribution in [3.8, 4) is 0 Å². The van der Waals surface area contributed by atoms with Gasteiger partial charge in [-0.15, -0.1) is 0 Å². The van der Waals surface area contributed by atoms with Crippen molar-refractivity contribution in [1.82, 2.24) is 5.32 Å². The van der Waals surface area contributed by atoms with E-state index in [1.807, 2.05) is 57.2 Å². The van der Waals surface area contributed by atoms with Crippen molar-refractivity contribution in [2.24, 2.45) is 28.6 Å². The monoisotopic (exact) mass is 535 g/mol. The Morgan fingerprint density at radius 3 is 2.46 bits per heavy atom. The molecule has 6 nitrogen and oxygen atoms in total. The summed E-state index contributed by atoms with van der Waals surface area (Å²) in [6.07, 6.45) is 9.36. The molecule has 3 fully saturated rings. The maximum absolute atomic E-state index is 13.6. The second-order valence-corrected chi connectivity index (χ2v) is 13.9. The minimum atomic E-state index is -0.817. The number of fused-ring (bicyclic) bond motifs is 5. The third-order valence-corrected chi connectivity index (χ3v) is 10.4. The molecular weight excluding hydrogens is 490 g/mol. The predicted molar refractivity (Wildman–Crippen MR) is 150 cm³/mol. The van der Waals surface area contributed by atoms with E-state index in [1.165, 1.54) is 5.57 Å². The van der Waals surface area contributed by atoms with Gasteiger partial charge in [-0.3, -0.25) is 4.79 Å². The smallest absolute Gasteiger partial charge is 0.408 e. The Labute approximate surface area is 233 Å². The van der Waals surface area contributed by atoms with Crippen LogP contribution in [-0.4, -0.2) is 35.6 Å². The summed E-state index contributed by atoms with van der Waals surface area (Å²) in [5.41, 5.74) is 1.74. The Bertz CT molecular complexity index is 1140. The molecule has 1 N–H and O–H groups in total. The fourth-order valence-electron chi connectivity index (χ4n) is 8.42. The second kappa shape index (κ2) is 10.4. The Hall–Kier alpha value is -2.63. The van der Waals surface area contributed by atoms with Crippen LogP contribution in [0.4, 0.5) is 4.79 Å². The van der Waals surface area contributed by atoms with Crippen molar-refractivity contribution in [2.75, 3.05) is 0 Å². The summed E-state index contributed by atoms with van der Waals surface area (Å²) in [4.78, 5) is 38.4. The van der Waals surface area contributed by atoms with E-state index >= 15 is 0 Å². The summed E-state index contributed by atoms with van der Waals surface area (Å²) < 4.78 is 11.8. The van der Waals surface area contributed by atoms with Crippen LogP contribution < -0.4 is 5.32 Å². The molecule has 39 heavy (non-hydrogen) atoms. The summed E-state index contributed by atoms with van der Waals surface area (Å²) >= 11 is 0.